The highest BCUT2D eigenvalue weighted by molar-refractivity contribution is 6.35. The highest BCUT2D eigenvalue weighted by Gasteiger charge is 2.16. The molecule has 0 unspecified atom stereocenters. The van der Waals surface area contributed by atoms with Crippen LogP contribution in [-0.2, 0) is 9.59 Å². The first-order valence-electron chi connectivity index (χ1n) is 16.4. The lowest BCUT2D eigenvalue weighted by molar-refractivity contribution is -0.118. The lowest BCUT2D eigenvalue weighted by atomic mass is 10.2. The first kappa shape index (κ1) is 40.9. The number of hydrogen-bond acceptors (Lipinski definition) is 8. The second kappa shape index (κ2) is 21.0. The van der Waals surface area contributed by atoms with Gasteiger partial charge in [-0.15, -0.1) is 0 Å². The van der Waals surface area contributed by atoms with Crippen molar-refractivity contribution < 1.29 is 14.4 Å². The average molecular weight is 756 g/mol. The summed E-state index contributed by atoms with van der Waals surface area (Å²) in [5.41, 5.74) is 20.8. The van der Waals surface area contributed by atoms with Gasteiger partial charge in [0.2, 0.25) is 11.8 Å². The number of carbonyl (C=O) groups is 3. The largest absolute Gasteiger partial charge is 0.399 e. The van der Waals surface area contributed by atoms with Gasteiger partial charge in [-0.05, 0) is 106 Å². The minimum Gasteiger partial charge on any atom is -0.399 e. The summed E-state index contributed by atoms with van der Waals surface area (Å²) in [5.74, 6) is -0.295. The summed E-state index contributed by atoms with van der Waals surface area (Å²) >= 11 is 17.9. The zero-order chi connectivity index (χ0) is 37.3. The van der Waals surface area contributed by atoms with Crippen LogP contribution in [0.25, 0.3) is 0 Å². The Labute approximate surface area is 314 Å². The molecule has 1 heterocycles. The van der Waals surface area contributed by atoms with Crippen LogP contribution in [0.4, 0.5) is 34.1 Å². The molecule has 0 atom stereocenters. The molecule has 0 spiro atoms. The molecule has 9 N–H and O–H groups in total. The third-order valence-corrected chi connectivity index (χ3v) is 8.58. The fraction of sp³-hybridized carbons (Fsp3) is 0.270. The molecule has 3 amide bonds. The van der Waals surface area contributed by atoms with E-state index in [9.17, 15) is 14.4 Å². The molecule has 4 aromatic carbocycles. The molecule has 1 aliphatic rings. The zero-order valence-corrected chi connectivity index (χ0v) is 31.0. The van der Waals surface area contributed by atoms with Gasteiger partial charge in [0, 0.05) is 22.6 Å². The fourth-order valence-electron chi connectivity index (χ4n) is 4.86. The van der Waals surface area contributed by atoms with Crippen LogP contribution in [0.15, 0.2) is 84.9 Å². The quantitative estimate of drug-likeness (QED) is 0.0914. The minimum atomic E-state index is -0.197. The summed E-state index contributed by atoms with van der Waals surface area (Å²) < 4.78 is 0. The van der Waals surface area contributed by atoms with Crippen LogP contribution in [0.2, 0.25) is 15.1 Å². The van der Waals surface area contributed by atoms with E-state index in [4.69, 9.17) is 52.0 Å². The Balaban J connectivity index is 0.000000207. The number of hydrogen-bond donors (Lipinski definition) is 6. The first-order valence-corrected chi connectivity index (χ1v) is 17.6. The number of amides is 3. The minimum absolute atomic E-state index is 0.0291. The van der Waals surface area contributed by atoms with E-state index in [1.165, 1.54) is 12.8 Å². The van der Waals surface area contributed by atoms with E-state index in [1.54, 1.807) is 78.9 Å². The second-order valence-corrected chi connectivity index (χ2v) is 12.8. The number of rotatable bonds is 10. The molecule has 51 heavy (non-hydrogen) atoms. The van der Waals surface area contributed by atoms with Gasteiger partial charge in [-0.1, -0.05) is 66.8 Å². The van der Waals surface area contributed by atoms with Gasteiger partial charge in [0.05, 0.1) is 45.2 Å². The van der Waals surface area contributed by atoms with Crippen LogP contribution in [0.1, 0.15) is 37.0 Å². The van der Waals surface area contributed by atoms with E-state index in [-0.39, 0.29) is 17.7 Å². The molecule has 1 saturated heterocycles. The van der Waals surface area contributed by atoms with Crippen LogP contribution in [0, 0.1) is 0 Å². The molecule has 1 fully saturated rings. The number of halogens is 3. The van der Waals surface area contributed by atoms with Crippen molar-refractivity contribution in [2.24, 2.45) is 0 Å². The predicted molar refractivity (Wildman–Crippen MR) is 213 cm³/mol. The molecule has 272 valence electrons. The van der Waals surface area contributed by atoms with Crippen LogP contribution in [0.3, 0.4) is 0 Å². The summed E-state index contributed by atoms with van der Waals surface area (Å²) in [4.78, 5) is 39.5. The normalized spacial score (nSPS) is 12.2. The third-order valence-electron chi connectivity index (χ3n) is 7.64. The molecule has 5 rings (SSSR count). The zero-order valence-electron chi connectivity index (χ0n) is 28.7. The third kappa shape index (κ3) is 14.3. The Kier molecular flexibility index (Phi) is 16.8. The second-order valence-electron chi connectivity index (χ2n) is 11.6. The smallest absolute Gasteiger partial charge is 0.255 e. The number of nitrogens with zero attached hydrogens (tertiary/aromatic N) is 2. The fourth-order valence-corrected chi connectivity index (χ4v) is 5.56. The topological polar surface area (TPSA) is 172 Å². The van der Waals surface area contributed by atoms with Gasteiger partial charge >= 0.3 is 0 Å². The van der Waals surface area contributed by atoms with E-state index >= 15 is 0 Å². The van der Waals surface area contributed by atoms with Gasteiger partial charge < -0.3 is 33.2 Å². The number of carbonyl (C=O) groups excluding carboxylic acids is 3. The van der Waals surface area contributed by atoms with Crippen molar-refractivity contribution in [3.63, 3.8) is 0 Å². The van der Waals surface area contributed by atoms with Crippen molar-refractivity contribution in [1.82, 2.24) is 9.80 Å². The number of nitrogens with one attached hydrogen (secondary N) is 3. The van der Waals surface area contributed by atoms with Crippen LogP contribution < -0.4 is 33.2 Å². The van der Waals surface area contributed by atoms with Crippen molar-refractivity contribution in [1.29, 1.82) is 0 Å². The Hall–Kier alpha value is -4.52. The van der Waals surface area contributed by atoms with Crippen molar-refractivity contribution in [2.75, 3.05) is 72.4 Å². The summed E-state index contributed by atoms with van der Waals surface area (Å²) in [7, 11) is 0. The molecule has 11 nitrogen and oxygen atoms in total. The highest BCUT2D eigenvalue weighted by atomic mass is 35.5. The highest BCUT2D eigenvalue weighted by Crippen LogP contribution is 2.26. The van der Waals surface area contributed by atoms with Crippen molar-refractivity contribution in [3.8, 4) is 0 Å². The summed E-state index contributed by atoms with van der Waals surface area (Å²) in [6.45, 7) is 8.54. The number of nitrogen functional groups attached to an aromatic ring is 3. The maximum Gasteiger partial charge on any atom is 0.255 e. The van der Waals surface area contributed by atoms with E-state index in [2.05, 4.69) is 20.9 Å². The molecular weight excluding hydrogens is 711 g/mol. The Morgan fingerprint density at radius 1 is 0.647 bits per heavy atom. The maximum atomic E-state index is 11.9. The van der Waals surface area contributed by atoms with Gasteiger partial charge in [0.1, 0.15) is 0 Å². The molecular formula is C37H45Cl3N8O3. The number of likely N-dealkylation sites (N-methyl/N-ethyl adjacent to an activating group) is 1. The number of benzene rings is 4. The molecule has 0 aromatic heterocycles. The lowest BCUT2D eigenvalue weighted by Gasteiger charge is -2.17. The van der Waals surface area contributed by atoms with Gasteiger partial charge in [0.25, 0.3) is 5.91 Å². The SMILES string of the molecule is CCN(CC)CC(=O)Nc1ccc(N)cc1Cl.Nc1ccc(NC(=O)CN2CCCC2)c(Cl)c1.Nc1ccc(NC(=O)c2ccccc2)c(Cl)c1. The van der Waals surface area contributed by atoms with Crippen molar-refractivity contribution in [3.05, 3.63) is 106 Å². The Morgan fingerprint density at radius 3 is 1.51 bits per heavy atom. The first-order chi connectivity index (χ1) is 24.4. The van der Waals surface area contributed by atoms with Gasteiger partial charge in [-0.2, -0.15) is 0 Å². The van der Waals surface area contributed by atoms with Crippen LogP contribution in [0.5, 0.6) is 0 Å². The van der Waals surface area contributed by atoms with E-state index < -0.39 is 0 Å². The molecule has 14 heteroatoms. The predicted octanol–water partition coefficient (Wildman–Crippen LogP) is 7.33. The average Bonchev–Trinajstić information content (AvgIpc) is 3.61. The molecule has 4 aromatic rings. The van der Waals surface area contributed by atoms with Gasteiger partial charge in [-0.3, -0.25) is 24.2 Å². The van der Waals surface area contributed by atoms with Gasteiger partial charge in [-0.25, -0.2) is 0 Å². The molecule has 0 saturated carbocycles. The number of anilines is 6. The Morgan fingerprint density at radius 2 is 1.08 bits per heavy atom. The van der Waals surface area contributed by atoms with Gasteiger partial charge in [0.15, 0.2) is 0 Å². The molecule has 0 bridgehead atoms. The van der Waals surface area contributed by atoms with Crippen LogP contribution >= 0.6 is 34.8 Å². The summed E-state index contributed by atoms with van der Waals surface area (Å²) in [6.07, 6.45) is 2.35. The van der Waals surface area contributed by atoms with E-state index in [1.807, 2.05) is 24.8 Å². The lowest BCUT2D eigenvalue weighted by Crippen LogP contribution is -2.32. The number of nitrogens with two attached hydrogens (primary N) is 3. The van der Waals surface area contributed by atoms with E-state index in [0.29, 0.717) is 67.8 Å². The van der Waals surface area contributed by atoms with Crippen molar-refractivity contribution >= 4 is 86.6 Å². The summed E-state index contributed by atoms with van der Waals surface area (Å²) in [5, 5.41) is 9.65. The van der Waals surface area contributed by atoms with Crippen LogP contribution in [-0.4, -0.2) is 66.8 Å². The standard InChI is InChI=1S/C13H11ClN2O.C12H16ClN3O.C12H18ClN3O/c14-11-8-10(15)6-7-12(11)16-13(17)9-4-2-1-3-5-9;13-10-7-9(14)3-4-11(10)15-12(17)8-16-5-1-2-6-16;1-3-16(4-2)8-12(17)15-11-6-5-9(14)7-10(11)13/h1-8H,15H2,(H,16,17);3-4,7H,1-2,5-6,8,14H2,(H,15,17);5-7H,3-4,8,14H2,1-2H3,(H,15,17). The monoisotopic (exact) mass is 754 g/mol. The molecule has 1 aliphatic heterocycles. The summed E-state index contributed by atoms with van der Waals surface area (Å²) in [6, 6.07) is 24.0. The van der Waals surface area contributed by atoms with E-state index in [0.717, 1.165) is 26.2 Å². The maximum absolute atomic E-state index is 11.9. The molecule has 0 radical (unpaired) electrons. The molecule has 0 aliphatic carbocycles. The number of likely N-dealkylation sites (tertiary alicyclic amines) is 1. The Bertz CT molecular complexity index is 1690. The van der Waals surface area contributed by atoms with Crippen molar-refractivity contribution in [2.45, 2.75) is 26.7 Å².